The number of rotatable bonds is 4. The van der Waals surface area contributed by atoms with E-state index in [0.717, 1.165) is 25.9 Å². The summed E-state index contributed by atoms with van der Waals surface area (Å²) in [6.07, 6.45) is 1.83. The summed E-state index contributed by atoms with van der Waals surface area (Å²) < 4.78 is 5.27. The lowest BCUT2D eigenvalue weighted by Gasteiger charge is -2.42. The maximum absolute atomic E-state index is 11.8. The van der Waals surface area contributed by atoms with Crippen LogP contribution in [0.25, 0.3) is 0 Å². The number of amides is 1. The summed E-state index contributed by atoms with van der Waals surface area (Å²) in [5.74, 6) is 0.0911. The van der Waals surface area contributed by atoms with Crippen LogP contribution in [0.15, 0.2) is 0 Å². The van der Waals surface area contributed by atoms with E-state index >= 15 is 0 Å². The van der Waals surface area contributed by atoms with Crippen LogP contribution in [-0.4, -0.2) is 43.2 Å². The van der Waals surface area contributed by atoms with Crippen LogP contribution in [0.3, 0.4) is 0 Å². The van der Waals surface area contributed by atoms with Crippen molar-refractivity contribution in [2.45, 2.75) is 39.7 Å². The average Bonchev–Trinajstić information content (AvgIpc) is 2.22. The largest absolute Gasteiger partial charge is 0.372 e. The molecule has 1 amide bonds. The van der Waals surface area contributed by atoms with Gasteiger partial charge in [0.2, 0.25) is 5.91 Å². The molecule has 2 N–H and O–H groups in total. The molecule has 4 nitrogen and oxygen atoms in total. The molecule has 0 radical (unpaired) electrons. The van der Waals surface area contributed by atoms with Crippen molar-refractivity contribution < 1.29 is 9.53 Å². The summed E-state index contributed by atoms with van der Waals surface area (Å²) in [6.45, 7) is 8.63. The van der Waals surface area contributed by atoms with Crippen molar-refractivity contribution in [2.24, 2.45) is 11.1 Å². The Labute approximate surface area is 110 Å². The number of halogens is 1. The molecule has 0 aliphatic carbocycles. The summed E-state index contributed by atoms with van der Waals surface area (Å²) >= 11 is 0. The SMILES string of the molecule is CCCOCC(=O)N1CCC(N)C(C)(C)C1.Cl. The number of carbonyl (C=O) groups excluding carboxylic acids is 1. The molecule has 1 saturated heterocycles. The monoisotopic (exact) mass is 264 g/mol. The second-order valence-corrected chi connectivity index (χ2v) is 5.25. The Kier molecular flexibility index (Phi) is 7.05. The molecule has 1 fully saturated rings. The fraction of sp³-hybridized carbons (Fsp3) is 0.917. The van der Waals surface area contributed by atoms with Crippen molar-refractivity contribution in [2.75, 3.05) is 26.3 Å². The maximum Gasteiger partial charge on any atom is 0.248 e. The summed E-state index contributed by atoms with van der Waals surface area (Å²) in [4.78, 5) is 13.7. The van der Waals surface area contributed by atoms with Crippen molar-refractivity contribution >= 4 is 18.3 Å². The number of likely N-dealkylation sites (tertiary alicyclic amines) is 1. The normalized spacial score (nSPS) is 23.1. The fourth-order valence-corrected chi connectivity index (χ4v) is 1.98. The molecule has 5 heteroatoms. The van der Waals surface area contributed by atoms with Crippen LogP contribution in [0.2, 0.25) is 0 Å². The summed E-state index contributed by atoms with van der Waals surface area (Å²) in [6, 6.07) is 0.188. The van der Waals surface area contributed by atoms with Gasteiger partial charge in [-0.3, -0.25) is 4.79 Å². The predicted octanol–water partition coefficient (Wildman–Crippen LogP) is 1.42. The first-order valence-electron chi connectivity index (χ1n) is 6.08. The highest BCUT2D eigenvalue weighted by Crippen LogP contribution is 2.27. The van der Waals surface area contributed by atoms with Gasteiger partial charge in [0, 0.05) is 25.7 Å². The van der Waals surface area contributed by atoms with Crippen molar-refractivity contribution in [1.82, 2.24) is 4.90 Å². The Morgan fingerprint density at radius 3 is 2.71 bits per heavy atom. The molecule has 102 valence electrons. The molecule has 0 saturated carbocycles. The molecule has 17 heavy (non-hydrogen) atoms. The second-order valence-electron chi connectivity index (χ2n) is 5.25. The highest BCUT2D eigenvalue weighted by Gasteiger charge is 2.35. The van der Waals surface area contributed by atoms with Gasteiger partial charge < -0.3 is 15.4 Å². The van der Waals surface area contributed by atoms with E-state index in [1.165, 1.54) is 0 Å². The number of ether oxygens (including phenoxy) is 1. The molecule has 1 heterocycles. The second kappa shape index (κ2) is 7.19. The average molecular weight is 265 g/mol. The Balaban J connectivity index is 0.00000256. The minimum Gasteiger partial charge on any atom is -0.372 e. The zero-order valence-electron chi connectivity index (χ0n) is 11.1. The molecule has 0 bridgehead atoms. The van der Waals surface area contributed by atoms with Crippen molar-refractivity contribution in [1.29, 1.82) is 0 Å². The fourth-order valence-electron chi connectivity index (χ4n) is 1.98. The summed E-state index contributed by atoms with van der Waals surface area (Å²) in [5, 5.41) is 0. The van der Waals surface area contributed by atoms with Crippen molar-refractivity contribution in [3.8, 4) is 0 Å². The first-order valence-corrected chi connectivity index (χ1v) is 6.08. The Hall–Kier alpha value is -0.320. The minimum absolute atomic E-state index is 0. The third-order valence-corrected chi connectivity index (χ3v) is 3.24. The van der Waals surface area contributed by atoms with E-state index in [4.69, 9.17) is 10.5 Å². The molecule has 1 rings (SSSR count). The standard InChI is InChI=1S/C12H24N2O2.ClH/c1-4-7-16-8-11(15)14-6-5-10(13)12(2,3)9-14;/h10H,4-9,13H2,1-3H3;1H. The molecular formula is C12H25ClN2O2. The molecule has 0 aromatic carbocycles. The van der Waals surface area contributed by atoms with E-state index in [9.17, 15) is 4.79 Å². The highest BCUT2D eigenvalue weighted by atomic mass is 35.5. The summed E-state index contributed by atoms with van der Waals surface area (Å²) in [5.41, 5.74) is 6.04. The zero-order valence-corrected chi connectivity index (χ0v) is 11.9. The topological polar surface area (TPSA) is 55.6 Å². The van der Waals surface area contributed by atoms with Gasteiger partial charge in [-0.2, -0.15) is 0 Å². The van der Waals surface area contributed by atoms with E-state index in [1.807, 2.05) is 11.8 Å². The maximum atomic E-state index is 11.8. The lowest BCUT2D eigenvalue weighted by atomic mass is 9.80. The van der Waals surface area contributed by atoms with Crippen LogP contribution in [0, 0.1) is 5.41 Å². The van der Waals surface area contributed by atoms with Gasteiger partial charge >= 0.3 is 0 Å². The number of carbonyl (C=O) groups is 1. The van der Waals surface area contributed by atoms with Crippen LogP contribution >= 0.6 is 12.4 Å². The van der Waals surface area contributed by atoms with Crippen LogP contribution in [-0.2, 0) is 9.53 Å². The third-order valence-electron chi connectivity index (χ3n) is 3.24. The van der Waals surface area contributed by atoms with Gasteiger partial charge in [-0.05, 0) is 18.3 Å². The number of hydrogen-bond donors (Lipinski definition) is 1. The first-order chi connectivity index (χ1) is 7.47. The Morgan fingerprint density at radius 1 is 1.53 bits per heavy atom. The van der Waals surface area contributed by atoms with Gasteiger partial charge in [0.25, 0.3) is 0 Å². The summed E-state index contributed by atoms with van der Waals surface area (Å²) in [7, 11) is 0. The van der Waals surface area contributed by atoms with E-state index in [1.54, 1.807) is 0 Å². The van der Waals surface area contributed by atoms with Crippen LogP contribution in [0.4, 0.5) is 0 Å². The number of nitrogens with zero attached hydrogens (tertiary/aromatic N) is 1. The molecule has 1 aliphatic rings. The zero-order chi connectivity index (χ0) is 12.2. The smallest absolute Gasteiger partial charge is 0.248 e. The number of nitrogens with two attached hydrogens (primary N) is 1. The molecule has 0 aromatic heterocycles. The minimum atomic E-state index is 0. The van der Waals surface area contributed by atoms with E-state index in [-0.39, 0.29) is 36.4 Å². The van der Waals surface area contributed by atoms with Gasteiger partial charge in [-0.15, -0.1) is 12.4 Å². The molecule has 0 aromatic rings. The molecular weight excluding hydrogens is 240 g/mol. The first kappa shape index (κ1) is 16.7. The van der Waals surface area contributed by atoms with E-state index in [0.29, 0.717) is 6.61 Å². The molecule has 0 spiro atoms. The van der Waals surface area contributed by atoms with E-state index < -0.39 is 0 Å². The molecule has 1 unspecified atom stereocenters. The third kappa shape index (κ3) is 4.82. The number of piperidine rings is 1. The lowest BCUT2D eigenvalue weighted by Crippen LogP contribution is -2.54. The van der Waals surface area contributed by atoms with E-state index in [2.05, 4.69) is 13.8 Å². The Bertz CT molecular complexity index is 247. The predicted molar refractivity (Wildman–Crippen MR) is 71.3 cm³/mol. The van der Waals surface area contributed by atoms with Gasteiger partial charge in [-0.1, -0.05) is 20.8 Å². The van der Waals surface area contributed by atoms with Crippen LogP contribution in [0.1, 0.15) is 33.6 Å². The van der Waals surface area contributed by atoms with Crippen LogP contribution in [0.5, 0.6) is 0 Å². The van der Waals surface area contributed by atoms with Gasteiger partial charge in [0.1, 0.15) is 6.61 Å². The van der Waals surface area contributed by atoms with Gasteiger partial charge in [0.05, 0.1) is 0 Å². The lowest BCUT2D eigenvalue weighted by molar-refractivity contribution is -0.139. The van der Waals surface area contributed by atoms with Crippen molar-refractivity contribution in [3.05, 3.63) is 0 Å². The molecule has 1 atom stereocenters. The Morgan fingerprint density at radius 2 is 2.18 bits per heavy atom. The van der Waals surface area contributed by atoms with Gasteiger partial charge in [0.15, 0.2) is 0 Å². The quantitative estimate of drug-likeness (QED) is 0.782. The van der Waals surface area contributed by atoms with Crippen molar-refractivity contribution in [3.63, 3.8) is 0 Å². The number of hydrogen-bond acceptors (Lipinski definition) is 3. The molecule has 1 aliphatic heterocycles. The highest BCUT2D eigenvalue weighted by molar-refractivity contribution is 5.85. The van der Waals surface area contributed by atoms with Gasteiger partial charge in [-0.25, -0.2) is 0 Å². The van der Waals surface area contributed by atoms with Crippen LogP contribution < -0.4 is 5.73 Å².